The third kappa shape index (κ3) is 5.61. The zero-order valence-electron chi connectivity index (χ0n) is 22.7. The van der Waals surface area contributed by atoms with Crippen LogP contribution in [-0.4, -0.2) is 67.9 Å². The van der Waals surface area contributed by atoms with Crippen LogP contribution in [0.2, 0.25) is 0 Å². The van der Waals surface area contributed by atoms with Crippen LogP contribution < -0.4 is 15.1 Å². The van der Waals surface area contributed by atoms with E-state index in [4.69, 9.17) is 4.74 Å². The molecule has 2 unspecified atom stereocenters. The number of anilines is 2. The van der Waals surface area contributed by atoms with E-state index in [2.05, 4.69) is 46.3 Å². The Balaban J connectivity index is 1.41. The van der Waals surface area contributed by atoms with Gasteiger partial charge in [-0.1, -0.05) is 57.1 Å². The summed E-state index contributed by atoms with van der Waals surface area (Å²) in [6.45, 7) is 9.73. The van der Waals surface area contributed by atoms with Gasteiger partial charge in [0.1, 0.15) is 0 Å². The predicted octanol–water partition coefficient (Wildman–Crippen LogP) is 5.17. The van der Waals surface area contributed by atoms with Gasteiger partial charge < -0.3 is 14.5 Å². The van der Waals surface area contributed by atoms with Gasteiger partial charge in [0.25, 0.3) is 0 Å². The van der Waals surface area contributed by atoms with Crippen LogP contribution in [0.15, 0.2) is 24.3 Å². The summed E-state index contributed by atoms with van der Waals surface area (Å²) < 4.78 is 5.68. The van der Waals surface area contributed by atoms with Crippen molar-refractivity contribution >= 4 is 17.3 Å². The Bertz CT molecular complexity index is 860. The Morgan fingerprint density at radius 2 is 1.61 bits per heavy atom. The minimum atomic E-state index is 0.145. The minimum absolute atomic E-state index is 0.145. The maximum atomic E-state index is 12.5. The zero-order valence-corrected chi connectivity index (χ0v) is 22.7. The molecule has 6 nitrogen and oxygen atoms in total. The van der Waals surface area contributed by atoms with E-state index >= 15 is 0 Å². The number of rotatable bonds is 3. The van der Waals surface area contributed by atoms with Gasteiger partial charge in [0.2, 0.25) is 5.91 Å². The quantitative estimate of drug-likeness (QED) is 0.626. The molecule has 4 aliphatic rings. The van der Waals surface area contributed by atoms with Gasteiger partial charge in [0.15, 0.2) is 0 Å². The normalized spacial score (nSPS) is 30.1. The van der Waals surface area contributed by atoms with Gasteiger partial charge in [-0.15, -0.1) is 0 Å². The lowest BCUT2D eigenvalue weighted by molar-refractivity contribution is -0.117. The van der Waals surface area contributed by atoms with Crippen molar-refractivity contribution in [3.05, 3.63) is 24.3 Å². The van der Waals surface area contributed by atoms with Crippen molar-refractivity contribution in [2.24, 2.45) is 5.92 Å². The van der Waals surface area contributed by atoms with Crippen molar-refractivity contribution in [2.75, 3.05) is 49.2 Å². The number of para-hydroxylation sites is 2. The second kappa shape index (κ2) is 11.8. The van der Waals surface area contributed by atoms with Crippen LogP contribution in [0.3, 0.4) is 0 Å². The SMILES string of the molecule is CC(=O)N1c2ccccc2N(CC2CCC(N3CCOCC3)NC23CCCCCCCCC3)C[C@@H]1C. The summed E-state index contributed by atoms with van der Waals surface area (Å²) in [6.07, 6.45) is 15.2. The molecule has 36 heavy (non-hydrogen) atoms. The third-order valence-corrected chi connectivity index (χ3v) is 9.44. The molecule has 6 heteroatoms. The molecular formula is C30H48N4O2. The van der Waals surface area contributed by atoms with Crippen molar-refractivity contribution in [1.29, 1.82) is 0 Å². The molecule has 1 spiro atoms. The van der Waals surface area contributed by atoms with Gasteiger partial charge >= 0.3 is 0 Å². The fraction of sp³-hybridized carbons (Fsp3) is 0.767. The summed E-state index contributed by atoms with van der Waals surface area (Å²) >= 11 is 0. The van der Waals surface area contributed by atoms with E-state index in [9.17, 15) is 4.79 Å². The summed E-state index contributed by atoms with van der Waals surface area (Å²) in [4.78, 5) is 19.8. The van der Waals surface area contributed by atoms with E-state index < -0.39 is 0 Å². The van der Waals surface area contributed by atoms with Crippen LogP contribution in [0, 0.1) is 5.92 Å². The largest absolute Gasteiger partial charge is 0.379 e. The summed E-state index contributed by atoms with van der Waals surface area (Å²) in [6, 6.07) is 8.75. The third-order valence-electron chi connectivity index (χ3n) is 9.44. The number of nitrogens with one attached hydrogen (secondary N) is 1. The molecule has 3 fully saturated rings. The summed E-state index contributed by atoms with van der Waals surface area (Å²) in [5.74, 6) is 0.768. The lowest BCUT2D eigenvalue weighted by Gasteiger charge is -2.54. The first kappa shape index (κ1) is 26.0. The molecule has 3 heterocycles. The first-order valence-electron chi connectivity index (χ1n) is 14.8. The average Bonchev–Trinajstić information content (AvgIpc) is 2.89. The molecule has 3 atom stereocenters. The molecule has 1 aromatic carbocycles. The zero-order chi connectivity index (χ0) is 25.0. The molecule has 5 rings (SSSR count). The molecule has 0 radical (unpaired) electrons. The van der Waals surface area contributed by atoms with Crippen molar-refractivity contribution in [3.8, 4) is 0 Å². The molecule has 200 valence electrons. The molecule has 2 saturated heterocycles. The highest BCUT2D eigenvalue weighted by Crippen LogP contribution is 2.42. The Morgan fingerprint density at radius 1 is 0.972 bits per heavy atom. The molecule has 1 saturated carbocycles. The topological polar surface area (TPSA) is 48.1 Å². The molecule has 3 aliphatic heterocycles. The highest BCUT2D eigenvalue weighted by atomic mass is 16.5. The number of carbonyl (C=O) groups is 1. The minimum Gasteiger partial charge on any atom is -0.379 e. The number of hydrogen-bond acceptors (Lipinski definition) is 5. The smallest absolute Gasteiger partial charge is 0.224 e. The molecule has 1 amide bonds. The van der Waals surface area contributed by atoms with Crippen LogP contribution in [-0.2, 0) is 9.53 Å². The van der Waals surface area contributed by atoms with E-state index in [0.29, 0.717) is 12.1 Å². The second-order valence-electron chi connectivity index (χ2n) is 11.8. The first-order chi connectivity index (χ1) is 17.6. The Kier molecular flexibility index (Phi) is 8.54. The number of amides is 1. The molecule has 0 aromatic heterocycles. The van der Waals surface area contributed by atoms with Gasteiger partial charge in [0.05, 0.1) is 36.8 Å². The number of hydrogen-bond donors (Lipinski definition) is 1. The van der Waals surface area contributed by atoms with Crippen LogP contribution in [0.25, 0.3) is 0 Å². The molecule has 1 N–H and O–H groups in total. The number of nitrogens with zero attached hydrogens (tertiary/aromatic N) is 3. The monoisotopic (exact) mass is 496 g/mol. The number of piperidine rings is 1. The first-order valence-corrected chi connectivity index (χ1v) is 14.8. The van der Waals surface area contributed by atoms with Gasteiger partial charge in [0, 0.05) is 38.6 Å². The summed E-state index contributed by atoms with van der Waals surface area (Å²) in [7, 11) is 0. The van der Waals surface area contributed by atoms with Gasteiger partial charge in [-0.3, -0.25) is 15.0 Å². The maximum absolute atomic E-state index is 12.5. The standard InChI is InChI=1S/C30H48N4O2/c1-24-22-33(27-12-8-9-13-28(27)34(24)25(2)35)23-26-14-15-29(32-18-20-36-21-19-32)31-30(26)16-10-6-4-3-5-7-11-17-30/h8-9,12-13,24,26,29,31H,3-7,10-11,14-23H2,1-2H3/t24-,26?,29?/m0/s1. The highest BCUT2D eigenvalue weighted by molar-refractivity contribution is 5.97. The van der Waals surface area contributed by atoms with Crippen LogP contribution in [0.1, 0.15) is 84.5 Å². The van der Waals surface area contributed by atoms with Crippen LogP contribution in [0.5, 0.6) is 0 Å². The van der Waals surface area contributed by atoms with Crippen molar-refractivity contribution < 1.29 is 9.53 Å². The van der Waals surface area contributed by atoms with E-state index in [1.165, 1.54) is 76.3 Å². The highest BCUT2D eigenvalue weighted by Gasteiger charge is 2.45. The van der Waals surface area contributed by atoms with E-state index in [-0.39, 0.29) is 17.5 Å². The maximum Gasteiger partial charge on any atom is 0.224 e. The molecule has 0 bridgehead atoms. The van der Waals surface area contributed by atoms with Crippen LogP contribution in [0.4, 0.5) is 11.4 Å². The van der Waals surface area contributed by atoms with Crippen molar-refractivity contribution in [1.82, 2.24) is 10.2 Å². The lowest BCUT2D eigenvalue weighted by Crippen LogP contribution is -2.66. The van der Waals surface area contributed by atoms with Crippen molar-refractivity contribution in [2.45, 2.75) is 102 Å². The molecular weight excluding hydrogens is 448 g/mol. The summed E-state index contributed by atoms with van der Waals surface area (Å²) in [5.41, 5.74) is 2.52. The van der Waals surface area contributed by atoms with Gasteiger partial charge in [-0.05, 0) is 50.7 Å². The van der Waals surface area contributed by atoms with Gasteiger partial charge in [-0.2, -0.15) is 0 Å². The molecule has 1 aromatic rings. The fourth-order valence-corrected chi connectivity index (χ4v) is 7.62. The fourth-order valence-electron chi connectivity index (χ4n) is 7.62. The average molecular weight is 497 g/mol. The van der Waals surface area contributed by atoms with Gasteiger partial charge in [-0.25, -0.2) is 0 Å². The Labute approximate surface area is 218 Å². The van der Waals surface area contributed by atoms with Crippen molar-refractivity contribution in [3.63, 3.8) is 0 Å². The Morgan fingerprint density at radius 3 is 2.28 bits per heavy atom. The van der Waals surface area contributed by atoms with E-state index in [1.807, 2.05) is 4.90 Å². The van der Waals surface area contributed by atoms with Crippen LogP contribution >= 0.6 is 0 Å². The van der Waals surface area contributed by atoms with E-state index in [1.54, 1.807) is 6.92 Å². The number of fused-ring (bicyclic) bond motifs is 1. The summed E-state index contributed by atoms with van der Waals surface area (Å²) in [5, 5.41) is 4.34. The predicted molar refractivity (Wildman–Crippen MR) is 148 cm³/mol. The van der Waals surface area contributed by atoms with E-state index in [0.717, 1.165) is 45.1 Å². The number of ether oxygens (including phenoxy) is 1. The second-order valence-corrected chi connectivity index (χ2v) is 11.8. The molecule has 1 aliphatic carbocycles. The number of morpholine rings is 1. The number of benzene rings is 1. The Hall–Kier alpha value is -1.63. The number of carbonyl (C=O) groups excluding carboxylic acids is 1. The lowest BCUT2D eigenvalue weighted by atomic mass is 9.70.